The molecule has 0 atom stereocenters. The molecule has 0 fully saturated rings. The van der Waals surface area contributed by atoms with E-state index in [1.54, 1.807) is 13.2 Å². The smallest absolute Gasteiger partial charge is 0.223 e. The van der Waals surface area contributed by atoms with Crippen molar-refractivity contribution in [2.45, 2.75) is 0 Å². The third-order valence-electron chi connectivity index (χ3n) is 2.77. The Hall–Kier alpha value is -3.02. The predicted octanol–water partition coefficient (Wildman–Crippen LogP) is 1.58. The molecule has 0 saturated carbocycles. The topological polar surface area (TPSA) is 112 Å². The van der Waals surface area contributed by atoms with Crippen LogP contribution in [0.5, 0.6) is 5.75 Å². The van der Waals surface area contributed by atoms with Crippen molar-refractivity contribution < 1.29 is 4.74 Å². The van der Waals surface area contributed by atoms with E-state index in [1.165, 1.54) is 0 Å². The Labute approximate surface area is 123 Å². The highest BCUT2D eigenvalue weighted by Gasteiger charge is 2.07. The van der Waals surface area contributed by atoms with Crippen molar-refractivity contribution in [1.29, 1.82) is 0 Å². The summed E-state index contributed by atoms with van der Waals surface area (Å²) in [5, 5.41) is 0. The highest BCUT2D eigenvalue weighted by atomic mass is 16.5. The lowest BCUT2D eigenvalue weighted by Crippen LogP contribution is -2.26. The Morgan fingerprint density at radius 2 is 1.71 bits per heavy atom. The van der Waals surface area contributed by atoms with E-state index in [1.807, 2.05) is 42.5 Å². The molecule has 6 nitrogen and oxygen atoms in total. The van der Waals surface area contributed by atoms with Gasteiger partial charge in [0.15, 0.2) is 5.96 Å². The van der Waals surface area contributed by atoms with Crippen molar-refractivity contribution in [3.63, 3.8) is 0 Å². The van der Waals surface area contributed by atoms with Crippen LogP contribution in [0.25, 0.3) is 11.1 Å². The third-order valence-corrected chi connectivity index (χ3v) is 2.77. The van der Waals surface area contributed by atoms with Crippen LogP contribution in [0.2, 0.25) is 0 Å². The van der Waals surface area contributed by atoms with Crippen molar-refractivity contribution in [3.05, 3.63) is 48.5 Å². The summed E-state index contributed by atoms with van der Waals surface area (Å²) in [5.74, 6) is 0.520. The third kappa shape index (κ3) is 3.73. The Bertz CT molecular complexity index is 676. The van der Waals surface area contributed by atoms with Gasteiger partial charge < -0.3 is 21.9 Å². The summed E-state index contributed by atoms with van der Waals surface area (Å²) in [6, 6.07) is 15.4. The van der Waals surface area contributed by atoms with Crippen molar-refractivity contribution >= 4 is 17.6 Å². The van der Waals surface area contributed by atoms with Crippen molar-refractivity contribution in [3.8, 4) is 16.9 Å². The molecule has 0 saturated heterocycles. The number of guanidine groups is 2. The van der Waals surface area contributed by atoms with Gasteiger partial charge in [0.25, 0.3) is 0 Å². The number of nitrogens with zero attached hydrogens (tertiary/aromatic N) is 2. The summed E-state index contributed by atoms with van der Waals surface area (Å²) in [6.07, 6.45) is 0. The first kappa shape index (κ1) is 14.4. The summed E-state index contributed by atoms with van der Waals surface area (Å²) in [5.41, 5.74) is 18.8. The molecule has 0 aliphatic heterocycles. The van der Waals surface area contributed by atoms with Crippen LogP contribution in [0.3, 0.4) is 0 Å². The van der Waals surface area contributed by atoms with Crippen molar-refractivity contribution in [2.75, 3.05) is 7.11 Å². The van der Waals surface area contributed by atoms with Gasteiger partial charge in [-0.3, -0.25) is 0 Å². The molecule has 6 N–H and O–H groups in total. The van der Waals surface area contributed by atoms with Gasteiger partial charge in [-0.15, -0.1) is 0 Å². The molecule has 0 aliphatic rings. The number of benzene rings is 2. The van der Waals surface area contributed by atoms with Crippen LogP contribution in [0.15, 0.2) is 58.5 Å². The molecule has 0 radical (unpaired) electrons. The fourth-order valence-electron chi connectivity index (χ4n) is 1.87. The molecule has 108 valence electrons. The van der Waals surface area contributed by atoms with E-state index in [0.717, 1.165) is 11.1 Å². The second-order valence-corrected chi connectivity index (χ2v) is 4.26. The summed E-state index contributed by atoms with van der Waals surface area (Å²) in [7, 11) is 1.59. The Morgan fingerprint density at radius 1 is 1.00 bits per heavy atom. The first-order chi connectivity index (χ1) is 10.1. The quantitative estimate of drug-likeness (QED) is 0.586. The molecule has 0 aliphatic carbocycles. The van der Waals surface area contributed by atoms with E-state index in [2.05, 4.69) is 9.98 Å². The monoisotopic (exact) mass is 283 g/mol. The highest BCUT2D eigenvalue weighted by molar-refractivity contribution is 5.94. The molecular formula is C15H17N5O. The zero-order valence-electron chi connectivity index (χ0n) is 11.7. The van der Waals surface area contributed by atoms with Crippen LogP contribution in [0, 0.1) is 0 Å². The Morgan fingerprint density at radius 3 is 2.33 bits per heavy atom. The second kappa shape index (κ2) is 6.42. The van der Waals surface area contributed by atoms with Crippen LogP contribution in [0.1, 0.15) is 0 Å². The normalized spacial score (nSPS) is 11.0. The lowest BCUT2D eigenvalue weighted by molar-refractivity contribution is 0.415. The number of nitrogens with two attached hydrogens (primary N) is 3. The standard InChI is InChI=1S/C15H17N5O/c1-21-11-7-8-12(10-5-3-2-4-6-10)13(9-11)19-15(18)20-14(16)17/h2-9H,1H3,(H6,16,17,18,19,20). The maximum Gasteiger partial charge on any atom is 0.223 e. The van der Waals surface area contributed by atoms with E-state index < -0.39 is 0 Å². The average Bonchev–Trinajstić information content (AvgIpc) is 2.47. The molecule has 2 rings (SSSR count). The van der Waals surface area contributed by atoms with Crippen molar-refractivity contribution in [2.24, 2.45) is 27.2 Å². The van der Waals surface area contributed by atoms with E-state index in [4.69, 9.17) is 21.9 Å². The lowest BCUT2D eigenvalue weighted by Gasteiger charge is -2.08. The second-order valence-electron chi connectivity index (χ2n) is 4.26. The molecule has 2 aromatic carbocycles. The number of methoxy groups -OCH3 is 1. The molecule has 6 heteroatoms. The minimum absolute atomic E-state index is 0.0135. The number of hydrogen-bond acceptors (Lipinski definition) is 2. The molecule has 21 heavy (non-hydrogen) atoms. The van der Waals surface area contributed by atoms with Gasteiger partial charge >= 0.3 is 0 Å². The number of aliphatic imine (C=N–C) groups is 2. The summed E-state index contributed by atoms with van der Waals surface area (Å²) < 4.78 is 5.21. The molecule has 0 aromatic heterocycles. The summed E-state index contributed by atoms with van der Waals surface area (Å²) in [6.45, 7) is 0. The maximum absolute atomic E-state index is 5.71. The van der Waals surface area contributed by atoms with Gasteiger partial charge in [0.2, 0.25) is 5.96 Å². The largest absolute Gasteiger partial charge is 0.497 e. The van der Waals surface area contributed by atoms with Crippen LogP contribution in [0.4, 0.5) is 5.69 Å². The highest BCUT2D eigenvalue weighted by Crippen LogP contribution is 2.33. The van der Waals surface area contributed by atoms with Gasteiger partial charge in [0.05, 0.1) is 12.8 Å². The predicted molar refractivity (Wildman–Crippen MR) is 85.5 cm³/mol. The fourth-order valence-corrected chi connectivity index (χ4v) is 1.87. The Kier molecular flexibility index (Phi) is 4.40. The van der Waals surface area contributed by atoms with E-state index in [9.17, 15) is 0 Å². The van der Waals surface area contributed by atoms with Gasteiger partial charge in [0, 0.05) is 11.6 Å². The van der Waals surface area contributed by atoms with Gasteiger partial charge in [-0.05, 0) is 17.7 Å². The van der Waals surface area contributed by atoms with Crippen LogP contribution in [-0.4, -0.2) is 19.0 Å². The summed E-state index contributed by atoms with van der Waals surface area (Å²) >= 11 is 0. The first-order valence-corrected chi connectivity index (χ1v) is 6.27. The van der Waals surface area contributed by atoms with Gasteiger partial charge in [-0.25, -0.2) is 4.99 Å². The van der Waals surface area contributed by atoms with Gasteiger partial charge in [-0.1, -0.05) is 30.3 Å². The van der Waals surface area contributed by atoms with Gasteiger partial charge in [0.1, 0.15) is 5.75 Å². The molecule has 0 unspecified atom stereocenters. The summed E-state index contributed by atoms with van der Waals surface area (Å²) in [4.78, 5) is 7.97. The SMILES string of the molecule is COc1ccc(-c2ccccc2)c(N=C(N)N=C(N)N)c1. The van der Waals surface area contributed by atoms with Crippen LogP contribution >= 0.6 is 0 Å². The van der Waals surface area contributed by atoms with E-state index in [0.29, 0.717) is 11.4 Å². The molecule has 0 spiro atoms. The van der Waals surface area contributed by atoms with Gasteiger partial charge in [-0.2, -0.15) is 4.99 Å². The Balaban J connectivity index is 2.54. The lowest BCUT2D eigenvalue weighted by atomic mass is 10.0. The van der Waals surface area contributed by atoms with E-state index >= 15 is 0 Å². The molecular weight excluding hydrogens is 266 g/mol. The number of ether oxygens (including phenoxy) is 1. The zero-order valence-corrected chi connectivity index (χ0v) is 11.7. The molecule has 0 amide bonds. The maximum atomic E-state index is 5.71. The molecule has 0 bridgehead atoms. The van der Waals surface area contributed by atoms with Crippen molar-refractivity contribution in [1.82, 2.24) is 0 Å². The first-order valence-electron chi connectivity index (χ1n) is 6.27. The average molecular weight is 283 g/mol. The fraction of sp³-hybridized carbons (Fsp3) is 0.0667. The molecule has 2 aromatic rings. The number of hydrogen-bond donors (Lipinski definition) is 3. The minimum Gasteiger partial charge on any atom is -0.497 e. The zero-order chi connectivity index (χ0) is 15.2. The van der Waals surface area contributed by atoms with Crippen LogP contribution in [-0.2, 0) is 0 Å². The number of rotatable bonds is 3. The molecule has 0 heterocycles. The van der Waals surface area contributed by atoms with Crippen LogP contribution < -0.4 is 21.9 Å². The van der Waals surface area contributed by atoms with E-state index in [-0.39, 0.29) is 11.9 Å². The minimum atomic E-state index is -0.139.